The number of carbonyl (C=O) groups is 1. The molecule has 2 aliphatic heterocycles. The number of anilines is 2. The molecule has 0 spiro atoms. The van der Waals surface area contributed by atoms with Gasteiger partial charge >= 0.3 is 0 Å². The van der Waals surface area contributed by atoms with Gasteiger partial charge in [-0.3, -0.25) is 4.79 Å². The summed E-state index contributed by atoms with van der Waals surface area (Å²) in [6.45, 7) is 5.13. The zero-order valence-electron chi connectivity index (χ0n) is 17.1. The summed E-state index contributed by atoms with van der Waals surface area (Å²) in [5.74, 6) is 2.29. The predicted molar refractivity (Wildman–Crippen MR) is 110 cm³/mol. The van der Waals surface area contributed by atoms with Crippen LogP contribution < -0.4 is 20.1 Å². The molecule has 1 amide bonds. The van der Waals surface area contributed by atoms with Crippen LogP contribution in [0, 0.1) is 6.92 Å². The molecule has 0 unspecified atom stereocenters. The van der Waals surface area contributed by atoms with E-state index in [4.69, 9.17) is 24.9 Å². The summed E-state index contributed by atoms with van der Waals surface area (Å²) in [6.07, 6.45) is 1.49. The molecule has 0 aliphatic carbocycles. The van der Waals surface area contributed by atoms with E-state index < -0.39 is 0 Å². The van der Waals surface area contributed by atoms with Gasteiger partial charge in [-0.2, -0.15) is 4.98 Å². The molecule has 2 aliphatic rings. The van der Waals surface area contributed by atoms with Crippen LogP contribution in [0.15, 0.2) is 6.07 Å². The summed E-state index contributed by atoms with van der Waals surface area (Å²) in [4.78, 5) is 25.8. The first-order valence-electron chi connectivity index (χ1n) is 9.87. The number of nitrogens with zero attached hydrogens (tertiary/aromatic N) is 4. The minimum Gasteiger partial charge on any atom is -0.493 e. The van der Waals surface area contributed by atoms with Crippen LogP contribution in [-0.2, 0) is 9.53 Å². The zero-order valence-corrected chi connectivity index (χ0v) is 17.1. The Morgan fingerprint density at radius 1 is 1.21 bits per heavy atom. The summed E-state index contributed by atoms with van der Waals surface area (Å²) in [5, 5.41) is 0.732. The molecule has 3 heterocycles. The maximum Gasteiger partial charge on any atom is 0.251 e. The third-order valence-electron chi connectivity index (χ3n) is 5.66. The highest BCUT2D eigenvalue weighted by Crippen LogP contribution is 2.38. The SMILES string of the molecule is COc1cc2c(N)nc(N3CCN(C(=O)[C@@H]4CCCO4)CC3)nc2c(C)c1OC. The number of nitrogens with two attached hydrogens (primary N) is 1. The van der Waals surface area contributed by atoms with Gasteiger partial charge in [0, 0.05) is 43.7 Å². The highest BCUT2D eigenvalue weighted by Gasteiger charge is 2.31. The van der Waals surface area contributed by atoms with Gasteiger partial charge in [-0.15, -0.1) is 0 Å². The summed E-state index contributed by atoms with van der Waals surface area (Å²) in [5.41, 5.74) is 7.84. The lowest BCUT2D eigenvalue weighted by molar-refractivity contribution is -0.141. The van der Waals surface area contributed by atoms with Gasteiger partial charge in [-0.05, 0) is 25.8 Å². The fraction of sp³-hybridized carbons (Fsp3) is 0.550. The molecule has 2 saturated heterocycles. The predicted octanol–water partition coefficient (Wildman–Crippen LogP) is 1.37. The number of benzene rings is 1. The smallest absolute Gasteiger partial charge is 0.251 e. The quantitative estimate of drug-likeness (QED) is 0.819. The Labute approximate surface area is 169 Å². The molecule has 1 aromatic carbocycles. The van der Waals surface area contributed by atoms with Gasteiger partial charge in [-0.25, -0.2) is 4.98 Å². The molecule has 0 saturated carbocycles. The van der Waals surface area contributed by atoms with E-state index in [0.29, 0.717) is 56.1 Å². The Morgan fingerprint density at radius 2 is 1.97 bits per heavy atom. The summed E-state index contributed by atoms with van der Waals surface area (Å²) in [7, 11) is 3.19. The van der Waals surface area contributed by atoms with Crippen molar-refractivity contribution in [3.63, 3.8) is 0 Å². The number of piperazine rings is 1. The fourth-order valence-corrected chi connectivity index (χ4v) is 4.04. The number of fused-ring (bicyclic) bond motifs is 1. The van der Waals surface area contributed by atoms with Crippen molar-refractivity contribution in [2.24, 2.45) is 0 Å². The lowest BCUT2D eigenvalue weighted by atomic mass is 10.1. The number of amides is 1. The average molecular weight is 401 g/mol. The van der Waals surface area contributed by atoms with Crippen molar-refractivity contribution in [3.05, 3.63) is 11.6 Å². The molecule has 4 rings (SSSR count). The normalized spacial score (nSPS) is 19.6. The van der Waals surface area contributed by atoms with E-state index in [-0.39, 0.29) is 12.0 Å². The molecular weight excluding hydrogens is 374 g/mol. The number of hydrogen-bond donors (Lipinski definition) is 1. The van der Waals surface area contributed by atoms with Crippen molar-refractivity contribution in [1.29, 1.82) is 0 Å². The van der Waals surface area contributed by atoms with Gasteiger partial charge < -0.3 is 29.7 Å². The molecule has 9 nitrogen and oxygen atoms in total. The zero-order chi connectivity index (χ0) is 20.5. The number of aromatic nitrogens is 2. The van der Waals surface area contributed by atoms with E-state index in [2.05, 4.69) is 9.88 Å². The number of hydrogen-bond acceptors (Lipinski definition) is 8. The Balaban J connectivity index is 1.57. The van der Waals surface area contributed by atoms with Crippen molar-refractivity contribution in [1.82, 2.24) is 14.9 Å². The standard InChI is InChI=1S/C20H27N5O4/c1-12-16-13(11-15(27-2)17(12)28-3)18(21)23-20(22-16)25-8-6-24(7-9-25)19(26)14-5-4-10-29-14/h11,14H,4-10H2,1-3H3,(H2,21,22,23)/t14-/m0/s1. The maximum absolute atomic E-state index is 12.6. The summed E-state index contributed by atoms with van der Waals surface area (Å²) in [6, 6.07) is 1.80. The molecule has 29 heavy (non-hydrogen) atoms. The van der Waals surface area contributed by atoms with E-state index in [1.807, 2.05) is 11.8 Å². The minimum absolute atomic E-state index is 0.0915. The van der Waals surface area contributed by atoms with E-state index in [1.165, 1.54) is 0 Å². The molecule has 1 atom stereocenters. The number of ether oxygens (including phenoxy) is 3. The first-order valence-corrected chi connectivity index (χ1v) is 9.87. The van der Waals surface area contributed by atoms with Crippen LogP contribution in [0.1, 0.15) is 18.4 Å². The largest absolute Gasteiger partial charge is 0.493 e. The molecule has 2 N–H and O–H groups in total. The summed E-state index contributed by atoms with van der Waals surface area (Å²) >= 11 is 0. The lowest BCUT2D eigenvalue weighted by Gasteiger charge is -2.35. The third-order valence-corrected chi connectivity index (χ3v) is 5.66. The molecule has 2 aromatic rings. The minimum atomic E-state index is -0.279. The van der Waals surface area contributed by atoms with Crippen LogP contribution in [0.25, 0.3) is 10.9 Å². The molecule has 0 radical (unpaired) electrons. The Kier molecular flexibility index (Phi) is 5.31. The maximum atomic E-state index is 12.6. The molecule has 0 bridgehead atoms. The lowest BCUT2D eigenvalue weighted by Crippen LogP contribution is -2.51. The second kappa shape index (κ2) is 7.90. The van der Waals surface area contributed by atoms with Crippen LogP contribution in [0.4, 0.5) is 11.8 Å². The second-order valence-corrected chi connectivity index (χ2v) is 7.36. The van der Waals surface area contributed by atoms with Crippen molar-refractivity contribution in [3.8, 4) is 11.5 Å². The Morgan fingerprint density at radius 3 is 2.59 bits per heavy atom. The first-order chi connectivity index (χ1) is 14.0. The van der Waals surface area contributed by atoms with Gasteiger partial charge in [0.2, 0.25) is 5.95 Å². The van der Waals surface area contributed by atoms with Gasteiger partial charge in [-0.1, -0.05) is 0 Å². The number of methoxy groups -OCH3 is 2. The molecule has 2 fully saturated rings. The fourth-order valence-electron chi connectivity index (χ4n) is 4.04. The second-order valence-electron chi connectivity index (χ2n) is 7.36. The van der Waals surface area contributed by atoms with E-state index in [0.717, 1.165) is 29.3 Å². The van der Waals surface area contributed by atoms with Crippen molar-refractivity contribution in [2.45, 2.75) is 25.9 Å². The molecule has 1 aromatic heterocycles. The molecule has 156 valence electrons. The topological polar surface area (TPSA) is 103 Å². The highest BCUT2D eigenvalue weighted by atomic mass is 16.5. The van der Waals surface area contributed by atoms with Crippen molar-refractivity contribution in [2.75, 3.05) is 57.6 Å². The van der Waals surface area contributed by atoms with Crippen molar-refractivity contribution < 1.29 is 19.0 Å². The van der Waals surface area contributed by atoms with Crippen LogP contribution in [-0.4, -0.2) is 73.9 Å². The van der Waals surface area contributed by atoms with Crippen molar-refractivity contribution >= 4 is 28.6 Å². The van der Waals surface area contributed by atoms with Crippen LogP contribution in [0.5, 0.6) is 11.5 Å². The summed E-state index contributed by atoms with van der Waals surface area (Å²) < 4.78 is 16.4. The number of carbonyl (C=O) groups excluding carboxylic acids is 1. The number of rotatable bonds is 4. The average Bonchev–Trinajstić information content (AvgIpc) is 3.28. The molecule has 9 heteroatoms. The Hall–Kier alpha value is -2.81. The highest BCUT2D eigenvalue weighted by molar-refractivity contribution is 5.94. The van der Waals surface area contributed by atoms with Gasteiger partial charge in [0.25, 0.3) is 5.91 Å². The van der Waals surface area contributed by atoms with E-state index in [1.54, 1.807) is 20.3 Å². The van der Waals surface area contributed by atoms with Crippen LogP contribution in [0.2, 0.25) is 0 Å². The van der Waals surface area contributed by atoms with E-state index in [9.17, 15) is 4.79 Å². The molecular formula is C20H27N5O4. The third kappa shape index (κ3) is 3.50. The Bertz CT molecular complexity index is 921. The monoisotopic (exact) mass is 401 g/mol. The van der Waals surface area contributed by atoms with Crippen LogP contribution in [0.3, 0.4) is 0 Å². The van der Waals surface area contributed by atoms with Gasteiger partial charge in [0.15, 0.2) is 11.5 Å². The van der Waals surface area contributed by atoms with Gasteiger partial charge in [0.05, 0.1) is 19.7 Å². The van der Waals surface area contributed by atoms with Crippen LogP contribution >= 0.6 is 0 Å². The first kappa shape index (κ1) is 19.5. The van der Waals surface area contributed by atoms with E-state index >= 15 is 0 Å². The number of nitrogen functional groups attached to an aromatic ring is 1. The van der Waals surface area contributed by atoms with Gasteiger partial charge in [0.1, 0.15) is 11.9 Å². The number of aryl methyl sites for hydroxylation is 1.